The fraction of sp³-hybridized carbons (Fsp3) is 0.846. The monoisotopic (exact) mass is 270 g/mol. The van der Waals surface area contributed by atoms with E-state index in [1.54, 1.807) is 0 Å². The first-order valence-electron chi connectivity index (χ1n) is 7.14. The van der Waals surface area contributed by atoms with Gasteiger partial charge in [0, 0.05) is 26.2 Å². The second-order valence-electron chi connectivity index (χ2n) is 5.00. The predicted octanol–water partition coefficient (Wildman–Crippen LogP) is -0.700. The van der Waals surface area contributed by atoms with Crippen molar-refractivity contribution >= 4 is 11.8 Å². The minimum Gasteiger partial charge on any atom is -0.355 e. The zero-order valence-corrected chi connectivity index (χ0v) is 11.8. The molecule has 1 heterocycles. The Kier molecular flexibility index (Phi) is 7.43. The molecule has 0 radical (unpaired) electrons. The van der Waals surface area contributed by atoms with Crippen LogP contribution in [0.2, 0.25) is 0 Å². The Bertz CT molecular complexity index is 296. The van der Waals surface area contributed by atoms with Crippen LogP contribution >= 0.6 is 0 Å². The maximum Gasteiger partial charge on any atom is 0.234 e. The van der Waals surface area contributed by atoms with Gasteiger partial charge in [-0.1, -0.05) is 6.92 Å². The quantitative estimate of drug-likeness (QED) is 0.571. The van der Waals surface area contributed by atoms with Gasteiger partial charge in [0.2, 0.25) is 11.8 Å². The molecule has 0 spiro atoms. The van der Waals surface area contributed by atoms with Crippen molar-refractivity contribution in [2.24, 2.45) is 11.7 Å². The van der Waals surface area contributed by atoms with Gasteiger partial charge in [-0.25, -0.2) is 0 Å². The third kappa shape index (κ3) is 6.02. The minimum absolute atomic E-state index is 0.0146. The Morgan fingerprint density at radius 3 is 2.79 bits per heavy atom. The first-order valence-corrected chi connectivity index (χ1v) is 7.14. The lowest BCUT2D eigenvalue weighted by molar-refractivity contribution is -0.128. The highest BCUT2D eigenvalue weighted by molar-refractivity contribution is 5.80. The first kappa shape index (κ1) is 15.9. The summed E-state index contributed by atoms with van der Waals surface area (Å²) in [7, 11) is 0. The van der Waals surface area contributed by atoms with E-state index in [-0.39, 0.29) is 17.7 Å². The average molecular weight is 270 g/mol. The molecule has 1 unspecified atom stereocenters. The summed E-state index contributed by atoms with van der Waals surface area (Å²) in [5.74, 6) is 0.0910. The molecule has 1 fully saturated rings. The molecule has 0 aromatic heterocycles. The van der Waals surface area contributed by atoms with Crippen LogP contribution in [0.1, 0.15) is 26.2 Å². The van der Waals surface area contributed by atoms with Gasteiger partial charge in [0.25, 0.3) is 0 Å². The van der Waals surface area contributed by atoms with Crippen molar-refractivity contribution < 1.29 is 9.59 Å². The van der Waals surface area contributed by atoms with Gasteiger partial charge in [-0.15, -0.1) is 0 Å². The molecule has 6 heteroatoms. The van der Waals surface area contributed by atoms with Gasteiger partial charge >= 0.3 is 0 Å². The Morgan fingerprint density at radius 2 is 2.11 bits per heavy atom. The molecule has 1 saturated heterocycles. The average Bonchev–Trinajstić information content (AvgIpc) is 2.42. The zero-order valence-electron chi connectivity index (χ0n) is 11.8. The lowest BCUT2D eigenvalue weighted by Gasteiger charge is -2.31. The van der Waals surface area contributed by atoms with Crippen LogP contribution in [0.25, 0.3) is 0 Å². The number of piperidine rings is 1. The molecule has 19 heavy (non-hydrogen) atoms. The second kappa shape index (κ2) is 8.87. The Balaban J connectivity index is 2.33. The van der Waals surface area contributed by atoms with Crippen molar-refractivity contribution in [3.05, 3.63) is 0 Å². The molecular weight excluding hydrogens is 244 g/mol. The maximum atomic E-state index is 11.9. The summed E-state index contributed by atoms with van der Waals surface area (Å²) < 4.78 is 0. The number of likely N-dealkylation sites (tertiary alicyclic amines) is 1. The van der Waals surface area contributed by atoms with Gasteiger partial charge in [0.1, 0.15) is 0 Å². The van der Waals surface area contributed by atoms with Crippen LogP contribution in [0.15, 0.2) is 0 Å². The van der Waals surface area contributed by atoms with Gasteiger partial charge in [-0.3, -0.25) is 14.5 Å². The highest BCUT2D eigenvalue weighted by Crippen LogP contribution is 2.16. The number of carbonyl (C=O) groups is 2. The number of hydrogen-bond acceptors (Lipinski definition) is 4. The smallest absolute Gasteiger partial charge is 0.234 e. The van der Waals surface area contributed by atoms with Crippen molar-refractivity contribution in [1.29, 1.82) is 0 Å². The van der Waals surface area contributed by atoms with E-state index in [2.05, 4.69) is 15.5 Å². The van der Waals surface area contributed by atoms with E-state index in [0.717, 1.165) is 25.8 Å². The third-order valence-corrected chi connectivity index (χ3v) is 3.26. The van der Waals surface area contributed by atoms with Gasteiger partial charge in [0.05, 0.1) is 12.5 Å². The predicted molar refractivity (Wildman–Crippen MR) is 74.5 cm³/mol. The molecule has 110 valence electrons. The van der Waals surface area contributed by atoms with Crippen LogP contribution in [0.5, 0.6) is 0 Å². The van der Waals surface area contributed by atoms with Crippen LogP contribution < -0.4 is 16.4 Å². The van der Waals surface area contributed by atoms with E-state index in [0.29, 0.717) is 32.7 Å². The SMILES string of the molecule is CCCNC(=O)CN1CCCC(C(=O)NCCN)C1. The molecule has 0 aromatic rings. The van der Waals surface area contributed by atoms with E-state index < -0.39 is 0 Å². The zero-order chi connectivity index (χ0) is 14.1. The van der Waals surface area contributed by atoms with E-state index in [9.17, 15) is 9.59 Å². The summed E-state index contributed by atoms with van der Waals surface area (Å²) in [5.41, 5.74) is 5.37. The molecule has 0 aromatic carbocycles. The molecule has 1 aliphatic rings. The fourth-order valence-corrected chi connectivity index (χ4v) is 2.28. The van der Waals surface area contributed by atoms with Crippen molar-refractivity contribution in [3.8, 4) is 0 Å². The Labute approximate surface area is 115 Å². The summed E-state index contributed by atoms with van der Waals surface area (Å²) in [4.78, 5) is 25.6. The second-order valence-corrected chi connectivity index (χ2v) is 5.00. The topological polar surface area (TPSA) is 87.5 Å². The number of nitrogens with two attached hydrogens (primary N) is 1. The standard InChI is InChI=1S/C13H26N4O2/c1-2-6-15-12(18)10-17-8-3-4-11(9-17)13(19)16-7-5-14/h11H,2-10,14H2,1H3,(H,15,18)(H,16,19). The lowest BCUT2D eigenvalue weighted by atomic mass is 9.97. The van der Waals surface area contributed by atoms with E-state index in [1.165, 1.54) is 0 Å². The van der Waals surface area contributed by atoms with Gasteiger partial charge in [-0.2, -0.15) is 0 Å². The molecule has 1 atom stereocenters. The molecule has 0 saturated carbocycles. The molecule has 1 aliphatic heterocycles. The molecular formula is C13H26N4O2. The summed E-state index contributed by atoms with van der Waals surface area (Å²) in [6, 6.07) is 0. The highest BCUT2D eigenvalue weighted by Gasteiger charge is 2.26. The van der Waals surface area contributed by atoms with Crippen LogP contribution in [0, 0.1) is 5.92 Å². The Morgan fingerprint density at radius 1 is 1.32 bits per heavy atom. The van der Waals surface area contributed by atoms with Crippen LogP contribution in [-0.2, 0) is 9.59 Å². The maximum absolute atomic E-state index is 11.9. The Hall–Kier alpha value is -1.14. The number of hydrogen-bond donors (Lipinski definition) is 3. The number of rotatable bonds is 7. The van der Waals surface area contributed by atoms with Gasteiger partial charge < -0.3 is 16.4 Å². The number of nitrogens with one attached hydrogen (secondary N) is 2. The third-order valence-electron chi connectivity index (χ3n) is 3.26. The molecule has 6 nitrogen and oxygen atoms in total. The van der Waals surface area contributed by atoms with Crippen molar-refractivity contribution in [2.75, 3.05) is 39.3 Å². The van der Waals surface area contributed by atoms with Gasteiger partial charge in [-0.05, 0) is 25.8 Å². The summed E-state index contributed by atoms with van der Waals surface area (Å²) in [6.07, 6.45) is 2.79. The summed E-state index contributed by atoms with van der Waals surface area (Å²) >= 11 is 0. The first-order chi connectivity index (χ1) is 9.17. The number of nitrogens with zero attached hydrogens (tertiary/aromatic N) is 1. The van der Waals surface area contributed by atoms with Crippen molar-refractivity contribution in [2.45, 2.75) is 26.2 Å². The van der Waals surface area contributed by atoms with Crippen LogP contribution in [-0.4, -0.2) is 56.0 Å². The van der Waals surface area contributed by atoms with E-state index in [1.807, 2.05) is 6.92 Å². The minimum atomic E-state index is -0.0146. The van der Waals surface area contributed by atoms with E-state index >= 15 is 0 Å². The number of amides is 2. The van der Waals surface area contributed by atoms with Crippen LogP contribution in [0.3, 0.4) is 0 Å². The molecule has 0 aliphatic carbocycles. The summed E-state index contributed by atoms with van der Waals surface area (Å²) in [6.45, 7) is 5.66. The molecule has 2 amide bonds. The molecule has 0 bridgehead atoms. The lowest BCUT2D eigenvalue weighted by Crippen LogP contribution is -2.47. The van der Waals surface area contributed by atoms with Crippen LogP contribution in [0.4, 0.5) is 0 Å². The summed E-state index contributed by atoms with van der Waals surface area (Å²) in [5, 5.41) is 5.68. The highest BCUT2D eigenvalue weighted by atomic mass is 16.2. The van der Waals surface area contributed by atoms with Crippen molar-refractivity contribution in [1.82, 2.24) is 15.5 Å². The molecule has 1 rings (SSSR count). The fourth-order valence-electron chi connectivity index (χ4n) is 2.28. The largest absolute Gasteiger partial charge is 0.355 e. The van der Waals surface area contributed by atoms with E-state index in [4.69, 9.17) is 5.73 Å². The van der Waals surface area contributed by atoms with Crippen molar-refractivity contribution in [3.63, 3.8) is 0 Å². The normalized spacial score (nSPS) is 20.0. The number of carbonyl (C=O) groups excluding carboxylic acids is 2. The molecule has 4 N–H and O–H groups in total. The van der Waals surface area contributed by atoms with Gasteiger partial charge in [0.15, 0.2) is 0 Å².